The third-order valence-corrected chi connectivity index (χ3v) is 1.54. The molecule has 0 aromatic carbocycles. The molecule has 0 radical (unpaired) electrons. The van der Waals surface area contributed by atoms with Crippen molar-refractivity contribution in [2.75, 3.05) is 5.32 Å². The lowest BCUT2D eigenvalue weighted by Crippen LogP contribution is -2.07. The lowest BCUT2D eigenvalue weighted by atomic mass is 10.2. The molecule has 0 aliphatic rings. The summed E-state index contributed by atoms with van der Waals surface area (Å²) >= 11 is 0. The van der Waals surface area contributed by atoms with Crippen LogP contribution in [0.4, 0.5) is 5.82 Å². The maximum atomic E-state index is 10.7. The van der Waals surface area contributed by atoms with E-state index >= 15 is 0 Å². The zero-order valence-electron chi connectivity index (χ0n) is 7.29. The molecule has 0 aliphatic heterocycles. The number of hydrogen-bond acceptors (Lipinski definition) is 2. The van der Waals surface area contributed by atoms with Crippen LogP contribution in [0.3, 0.4) is 0 Å². The van der Waals surface area contributed by atoms with Crippen LogP contribution in [0.15, 0.2) is 18.3 Å². The van der Waals surface area contributed by atoms with Crippen molar-refractivity contribution in [2.24, 2.45) is 0 Å². The molecule has 0 saturated carbocycles. The Hall–Kier alpha value is -1.38. The topological polar surface area (TPSA) is 42.0 Å². The molecule has 0 bridgehead atoms. The Morgan fingerprint density at radius 3 is 3.08 bits per heavy atom. The predicted octanol–water partition coefficient (Wildman–Crippen LogP) is 1.85. The first-order valence-corrected chi connectivity index (χ1v) is 3.95. The zero-order chi connectivity index (χ0) is 8.97. The van der Waals surface area contributed by atoms with Gasteiger partial charge in [-0.3, -0.25) is 4.79 Å². The number of carbonyl (C=O) groups is 1. The second kappa shape index (κ2) is 3.85. The summed E-state index contributed by atoms with van der Waals surface area (Å²) < 4.78 is 0. The molecule has 0 aliphatic carbocycles. The van der Waals surface area contributed by atoms with Crippen LogP contribution < -0.4 is 5.32 Å². The summed E-state index contributed by atoms with van der Waals surface area (Å²) in [6.07, 6.45) is 2.65. The van der Waals surface area contributed by atoms with E-state index in [1.165, 1.54) is 12.5 Å². The first-order chi connectivity index (χ1) is 5.72. The van der Waals surface area contributed by atoms with E-state index in [2.05, 4.69) is 17.2 Å². The average molecular weight is 166 g/mol. The van der Waals surface area contributed by atoms with Crippen LogP contribution in [0.5, 0.6) is 0 Å². The van der Waals surface area contributed by atoms with Crippen LogP contribution in [-0.4, -0.2) is 10.9 Å². The smallest absolute Gasteiger partial charge is 0.222 e. The van der Waals surface area contributed by atoms with Gasteiger partial charge in [-0.25, -0.2) is 4.98 Å². The van der Waals surface area contributed by atoms with E-state index in [9.17, 15) is 4.79 Å². The molecule has 1 aromatic heterocycles. The summed E-state index contributed by atoms with van der Waals surface area (Å²) in [7, 11) is 0. The molecule has 0 fully saturated rings. The fraction of sp³-hybridized carbons (Fsp3) is 0.333. The van der Waals surface area contributed by atoms with Gasteiger partial charge in [0.25, 0.3) is 0 Å². The summed E-state index contributed by atoms with van der Waals surface area (Å²) in [5.74, 6) is 0.539. The first-order valence-electron chi connectivity index (χ1n) is 3.95. The van der Waals surface area contributed by atoms with Crippen LogP contribution in [-0.2, 0) is 11.2 Å². The van der Waals surface area contributed by atoms with E-state index in [0.29, 0.717) is 5.82 Å². The van der Waals surface area contributed by atoms with E-state index in [4.69, 9.17) is 0 Å². The summed E-state index contributed by atoms with van der Waals surface area (Å²) in [6.45, 7) is 3.53. The molecule has 1 heterocycles. The van der Waals surface area contributed by atoms with Crippen molar-refractivity contribution < 1.29 is 6.22 Å². The Kier molecular flexibility index (Phi) is 2.80. The zero-order valence-corrected chi connectivity index (χ0v) is 7.29. The monoisotopic (exact) mass is 166 g/mol. The van der Waals surface area contributed by atoms with Crippen molar-refractivity contribution in [3.63, 3.8) is 0 Å². The highest BCUT2D eigenvalue weighted by Gasteiger charge is 1.96. The number of amides is 1. The van der Waals surface area contributed by atoms with E-state index in [-0.39, 0.29) is 7.33 Å². The highest BCUT2D eigenvalue weighted by molar-refractivity contribution is 5.87. The van der Waals surface area contributed by atoms with Gasteiger partial charge in [0.1, 0.15) is 5.82 Å². The third kappa shape index (κ3) is 2.34. The summed E-state index contributed by atoms with van der Waals surface area (Å²) in [6, 6.07) is 3.81. The fourth-order valence-electron chi connectivity index (χ4n) is 0.943. The molecule has 0 spiro atoms. The summed E-state index contributed by atoms with van der Waals surface area (Å²) in [5, 5.41) is 2.63. The molecule has 3 heteroatoms. The average Bonchev–Trinajstić information content (AvgIpc) is 2.03. The first kappa shape index (κ1) is 8.71. The summed E-state index contributed by atoms with van der Waals surface area (Å²) in [4.78, 5) is 14.7. The number of anilines is 1. The molecular formula is C9H14N2O. The van der Waals surface area contributed by atoms with Gasteiger partial charge in [-0.05, 0) is 24.1 Å². The molecule has 0 atom stereocenters. The second-order valence-electron chi connectivity index (χ2n) is 2.58. The van der Waals surface area contributed by atoms with Gasteiger partial charge in [-0.1, -0.05) is 6.92 Å². The molecule has 1 aromatic rings. The number of nitrogens with one attached hydrogen (secondary N) is 1. The van der Waals surface area contributed by atoms with E-state index in [1.54, 1.807) is 6.20 Å². The lowest BCUT2D eigenvalue weighted by molar-refractivity contribution is -0.114. The molecule has 3 nitrogen and oxygen atoms in total. The van der Waals surface area contributed by atoms with Gasteiger partial charge in [0, 0.05) is 14.5 Å². The third-order valence-electron chi connectivity index (χ3n) is 1.54. The molecule has 66 valence electrons. The van der Waals surface area contributed by atoms with Crippen molar-refractivity contribution in [3.05, 3.63) is 23.9 Å². The predicted molar refractivity (Wildman–Crippen MR) is 50.0 cm³/mol. The number of aryl methyl sites for hydroxylation is 1. The number of aromatic nitrogens is 1. The van der Waals surface area contributed by atoms with Gasteiger partial charge in [-0.2, -0.15) is 0 Å². The minimum atomic E-state index is -0.0873. The molecule has 1 rings (SSSR count). The fourth-order valence-corrected chi connectivity index (χ4v) is 0.943. The van der Waals surface area contributed by atoms with Crippen molar-refractivity contribution in [3.8, 4) is 0 Å². The normalized spacial score (nSPS) is 9.50. The molecule has 1 amide bonds. The minimum Gasteiger partial charge on any atom is -0.311 e. The molecule has 0 saturated heterocycles. The summed E-state index contributed by atoms with van der Waals surface area (Å²) in [5.41, 5.74) is 1.17. The van der Waals surface area contributed by atoms with Crippen molar-refractivity contribution in [1.82, 2.24) is 4.98 Å². The van der Waals surface area contributed by atoms with Gasteiger partial charge in [-0.15, -0.1) is 0 Å². The number of pyridine rings is 1. The Bertz CT molecular complexity index is 289. The van der Waals surface area contributed by atoms with Crippen molar-refractivity contribution >= 4 is 11.7 Å². The van der Waals surface area contributed by atoms with E-state index < -0.39 is 0 Å². The molecular weight excluding hydrogens is 152 g/mol. The van der Waals surface area contributed by atoms with Crippen LogP contribution in [0, 0.1) is 0 Å². The molecule has 0 unspecified atom stereocenters. The molecule has 1 N–H and O–H groups in total. The number of carbonyl (C=O) groups excluding carboxylic acids is 1. The maximum absolute atomic E-state index is 10.7. The highest BCUT2D eigenvalue weighted by Crippen LogP contribution is 2.06. The number of nitrogens with zero attached hydrogens (tertiary/aromatic N) is 1. The largest absolute Gasteiger partial charge is 0.311 e. The maximum Gasteiger partial charge on any atom is 0.222 e. The Balaban J connectivity index is 0.00000144. The highest BCUT2D eigenvalue weighted by atomic mass is 16.1. The van der Waals surface area contributed by atoms with Gasteiger partial charge < -0.3 is 5.32 Å². The van der Waals surface area contributed by atoms with Crippen LogP contribution in [0.25, 0.3) is 0 Å². The minimum absolute atomic E-state index is 0. The van der Waals surface area contributed by atoms with Gasteiger partial charge in [0.05, 0.1) is 0 Å². The van der Waals surface area contributed by atoms with Gasteiger partial charge >= 0.3 is 0 Å². The Morgan fingerprint density at radius 1 is 1.75 bits per heavy atom. The molecule has 12 heavy (non-hydrogen) atoms. The van der Waals surface area contributed by atoms with Crippen LogP contribution in [0.2, 0.25) is 0 Å². The lowest BCUT2D eigenvalue weighted by Gasteiger charge is -2.01. The van der Waals surface area contributed by atoms with Crippen molar-refractivity contribution in [1.29, 1.82) is 0 Å². The standard InChI is InChI=1S/C9H12N2O.H2/c1-3-8-4-5-10-9(6-8)11-7(2)12;/h4-6H,3H2,1-2H3,(H,10,11,12);1H. The Morgan fingerprint density at radius 2 is 2.50 bits per heavy atom. The Labute approximate surface area is 73.3 Å². The van der Waals surface area contributed by atoms with Gasteiger partial charge in [0.2, 0.25) is 5.91 Å². The second-order valence-corrected chi connectivity index (χ2v) is 2.58. The van der Waals surface area contributed by atoms with Gasteiger partial charge in [0.15, 0.2) is 0 Å². The number of rotatable bonds is 2. The van der Waals surface area contributed by atoms with Crippen LogP contribution in [0.1, 0.15) is 20.8 Å². The number of hydrogen-bond donors (Lipinski definition) is 1. The van der Waals surface area contributed by atoms with Crippen molar-refractivity contribution in [2.45, 2.75) is 20.3 Å². The van der Waals surface area contributed by atoms with E-state index in [1.807, 2.05) is 12.1 Å². The van der Waals surface area contributed by atoms with E-state index in [0.717, 1.165) is 6.42 Å². The quantitative estimate of drug-likeness (QED) is 0.728. The SMILES string of the molecule is CCc1ccnc(NC(C)=O)c1.[HH]. The van der Waals surface area contributed by atoms with Crippen LogP contribution >= 0.6 is 0 Å².